The quantitative estimate of drug-likeness (QED) is 0.915. The van der Waals surface area contributed by atoms with Gasteiger partial charge in [0.15, 0.2) is 0 Å². The fraction of sp³-hybridized carbons (Fsp3) is 0.562. The summed E-state index contributed by atoms with van der Waals surface area (Å²) in [7, 11) is 1.86. The largest absolute Gasteiger partial charge is 0.493 e. The van der Waals surface area contributed by atoms with Crippen LogP contribution in [0, 0.1) is 5.41 Å². The van der Waals surface area contributed by atoms with E-state index in [0.29, 0.717) is 19.7 Å². The molecule has 0 fully saturated rings. The van der Waals surface area contributed by atoms with Crippen molar-refractivity contribution >= 4 is 5.91 Å². The maximum Gasteiger partial charge on any atom is 0.230 e. The molecule has 0 radical (unpaired) electrons. The van der Waals surface area contributed by atoms with E-state index >= 15 is 0 Å². The number of hydrogen-bond acceptors (Lipinski definition) is 3. The monoisotopic (exact) mass is 276 g/mol. The van der Waals surface area contributed by atoms with Gasteiger partial charge >= 0.3 is 0 Å². The lowest BCUT2D eigenvalue weighted by molar-refractivity contribution is -0.133. The molecule has 0 aromatic heterocycles. The summed E-state index contributed by atoms with van der Waals surface area (Å²) in [6, 6.07) is 7.81. The highest BCUT2D eigenvalue weighted by atomic mass is 16.5. The normalized spacial score (nSPS) is 18.1. The Morgan fingerprint density at radius 3 is 2.85 bits per heavy atom. The molecule has 2 N–H and O–H groups in total. The first-order valence-corrected chi connectivity index (χ1v) is 7.11. The molecular formula is C16H24N2O2. The lowest BCUT2D eigenvalue weighted by Crippen LogP contribution is -2.42. The molecule has 1 heterocycles. The summed E-state index contributed by atoms with van der Waals surface area (Å²) < 4.78 is 5.61. The highest BCUT2D eigenvalue weighted by molar-refractivity contribution is 5.84. The molecule has 1 aliphatic heterocycles. The van der Waals surface area contributed by atoms with Crippen molar-refractivity contribution in [2.75, 3.05) is 26.7 Å². The Kier molecular flexibility index (Phi) is 4.33. The summed E-state index contributed by atoms with van der Waals surface area (Å²) in [5.41, 5.74) is 6.69. The van der Waals surface area contributed by atoms with Gasteiger partial charge in [-0.05, 0) is 24.4 Å². The topological polar surface area (TPSA) is 55.6 Å². The average Bonchev–Trinajstić information content (AvgIpc) is 2.45. The number of carbonyl (C=O) groups is 1. The van der Waals surface area contributed by atoms with Gasteiger partial charge < -0.3 is 15.4 Å². The van der Waals surface area contributed by atoms with Crippen LogP contribution in [0.5, 0.6) is 5.75 Å². The summed E-state index contributed by atoms with van der Waals surface area (Å²) in [4.78, 5) is 14.5. The lowest BCUT2D eigenvalue weighted by atomic mass is 9.89. The second kappa shape index (κ2) is 5.83. The first-order chi connectivity index (χ1) is 9.44. The van der Waals surface area contributed by atoms with E-state index in [4.69, 9.17) is 10.5 Å². The van der Waals surface area contributed by atoms with Crippen LogP contribution in [-0.2, 0) is 4.79 Å². The van der Waals surface area contributed by atoms with Crippen molar-refractivity contribution in [1.82, 2.24) is 4.90 Å². The average molecular weight is 276 g/mol. The van der Waals surface area contributed by atoms with E-state index in [0.717, 1.165) is 17.7 Å². The number of amides is 1. The molecule has 4 heteroatoms. The molecule has 4 nitrogen and oxygen atoms in total. The number of hydrogen-bond donors (Lipinski definition) is 1. The van der Waals surface area contributed by atoms with Gasteiger partial charge in [0, 0.05) is 19.2 Å². The van der Waals surface area contributed by atoms with Gasteiger partial charge in [0.2, 0.25) is 5.91 Å². The van der Waals surface area contributed by atoms with Crippen LogP contribution in [0.25, 0.3) is 0 Å². The van der Waals surface area contributed by atoms with E-state index in [1.165, 1.54) is 0 Å². The van der Waals surface area contributed by atoms with Crippen LogP contribution < -0.4 is 10.5 Å². The maximum absolute atomic E-state index is 12.7. The Bertz CT molecular complexity index is 485. The van der Waals surface area contributed by atoms with E-state index in [9.17, 15) is 4.79 Å². The van der Waals surface area contributed by atoms with Gasteiger partial charge in [-0.3, -0.25) is 4.79 Å². The van der Waals surface area contributed by atoms with Gasteiger partial charge in [-0.2, -0.15) is 0 Å². The molecule has 1 atom stereocenters. The van der Waals surface area contributed by atoms with Crippen LogP contribution >= 0.6 is 0 Å². The SMILES string of the molecule is CN(CC(C)(C)CN)C(=O)C1CCOc2ccccc21. The standard InChI is InChI=1S/C16H24N2O2/c1-16(2,10-17)11-18(3)15(19)13-8-9-20-14-7-5-4-6-12(13)14/h4-7,13H,8-11,17H2,1-3H3. The first kappa shape index (κ1) is 14.9. The Labute approximate surface area is 120 Å². The van der Waals surface area contributed by atoms with Crippen molar-refractivity contribution in [3.63, 3.8) is 0 Å². The fourth-order valence-electron chi connectivity index (χ4n) is 2.65. The molecule has 0 aliphatic carbocycles. The summed E-state index contributed by atoms with van der Waals surface area (Å²) in [6.45, 7) is 5.99. The third-order valence-corrected chi connectivity index (χ3v) is 3.85. The van der Waals surface area contributed by atoms with Gasteiger partial charge in [0.05, 0.1) is 12.5 Å². The van der Waals surface area contributed by atoms with Crippen LogP contribution in [0.4, 0.5) is 0 Å². The number of nitrogens with two attached hydrogens (primary N) is 1. The summed E-state index contributed by atoms with van der Waals surface area (Å²) in [6.07, 6.45) is 0.739. The Hall–Kier alpha value is -1.55. The molecule has 1 unspecified atom stereocenters. The van der Waals surface area contributed by atoms with E-state index in [1.807, 2.05) is 31.3 Å². The summed E-state index contributed by atoms with van der Waals surface area (Å²) in [5.74, 6) is 0.893. The van der Waals surface area contributed by atoms with E-state index in [2.05, 4.69) is 13.8 Å². The van der Waals surface area contributed by atoms with E-state index in [1.54, 1.807) is 4.90 Å². The molecule has 1 amide bonds. The number of benzene rings is 1. The molecule has 0 bridgehead atoms. The van der Waals surface area contributed by atoms with Gasteiger partial charge in [-0.15, -0.1) is 0 Å². The van der Waals surface area contributed by atoms with Crippen LogP contribution in [0.1, 0.15) is 31.7 Å². The number of ether oxygens (including phenoxy) is 1. The van der Waals surface area contributed by atoms with Crippen LogP contribution in [0.15, 0.2) is 24.3 Å². The molecule has 0 saturated heterocycles. The zero-order valence-corrected chi connectivity index (χ0v) is 12.6. The molecule has 110 valence electrons. The molecular weight excluding hydrogens is 252 g/mol. The van der Waals surface area contributed by atoms with Crippen LogP contribution in [0.3, 0.4) is 0 Å². The number of nitrogens with zero attached hydrogens (tertiary/aromatic N) is 1. The Morgan fingerprint density at radius 2 is 2.15 bits per heavy atom. The number of fused-ring (bicyclic) bond motifs is 1. The Balaban J connectivity index is 2.14. The summed E-state index contributed by atoms with van der Waals surface area (Å²) in [5, 5.41) is 0. The number of carbonyl (C=O) groups excluding carboxylic acids is 1. The van der Waals surface area contributed by atoms with Crippen molar-refractivity contribution in [2.24, 2.45) is 11.1 Å². The van der Waals surface area contributed by atoms with Crippen molar-refractivity contribution in [3.8, 4) is 5.75 Å². The number of likely N-dealkylation sites (N-methyl/N-ethyl adjacent to an activating group) is 1. The van der Waals surface area contributed by atoms with Gasteiger partial charge in [-0.25, -0.2) is 0 Å². The van der Waals surface area contributed by atoms with Crippen molar-refractivity contribution in [3.05, 3.63) is 29.8 Å². The van der Waals surface area contributed by atoms with Gasteiger partial charge in [0.25, 0.3) is 0 Å². The molecule has 1 aromatic carbocycles. The number of para-hydroxylation sites is 1. The fourth-order valence-corrected chi connectivity index (χ4v) is 2.65. The minimum atomic E-state index is -0.0986. The third kappa shape index (κ3) is 3.12. The highest BCUT2D eigenvalue weighted by Gasteiger charge is 2.31. The maximum atomic E-state index is 12.7. The predicted octanol–water partition coefficient (Wildman–Crippen LogP) is 2.00. The van der Waals surface area contributed by atoms with Gasteiger partial charge in [0.1, 0.15) is 5.75 Å². The van der Waals surface area contributed by atoms with Crippen molar-refractivity contribution in [1.29, 1.82) is 0 Å². The molecule has 0 spiro atoms. The molecule has 1 aliphatic rings. The number of rotatable bonds is 4. The zero-order chi connectivity index (χ0) is 14.8. The second-order valence-electron chi connectivity index (χ2n) is 6.29. The Morgan fingerprint density at radius 1 is 1.45 bits per heavy atom. The van der Waals surface area contributed by atoms with E-state index in [-0.39, 0.29) is 17.2 Å². The zero-order valence-electron chi connectivity index (χ0n) is 12.6. The van der Waals surface area contributed by atoms with Crippen LogP contribution in [-0.4, -0.2) is 37.6 Å². The molecule has 20 heavy (non-hydrogen) atoms. The van der Waals surface area contributed by atoms with Crippen molar-refractivity contribution < 1.29 is 9.53 Å². The molecule has 1 aromatic rings. The smallest absolute Gasteiger partial charge is 0.230 e. The second-order valence-corrected chi connectivity index (χ2v) is 6.29. The first-order valence-electron chi connectivity index (χ1n) is 7.11. The minimum Gasteiger partial charge on any atom is -0.493 e. The highest BCUT2D eigenvalue weighted by Crippen LogP contribution is 2.34. The molecule has 0 saturated carbocycles. The summed E-state index contributed by atoms with van der Waals surface area (Å²) >= 11 is 0. The van der Waals surface area contributed by atoms with E-state index < -0.39 is 0 Å². The molecule has 2 rings (SSSR count). The van der Waals surface area contributed by atoms with Crippen molar-refractivity contribution in [2.45, 2.75) is 26.2 Å². The third-order valence-electron chi connectivity index (χ3n) is 3.85. The minimum absolute atomic E-state index is 0.0604. The lowest BCUT2D eigenvalue weighted by Gasteiger charge is -2.33. The van der Waals surface area contributed by atoms with Gasteiger partial charge in [-0.1, -0.05) is 32.0 Å². The predicted molar refractivity (Wildman–Crippen MR) is 79.8 cm³/mol. The van der Waals surface area contributed by atoms with Crippen LogP contribution in [0.2, 0.25) is 0 Å².